The van der Waals surface area contributed by atoms with Gasteiger partial charge >= 0.3 is 5.84 Å². The fraction of sp³-hybridized carbons (Fsp3) is 0.211. The van der Waals surface area contributed by atoms with Crippen LogP contribution < -0.4 is 5.32 Å². The van der Waals surface area contributed by atoms with E-state index in [0.29, 0.717) is 41.8 Å². The van der Waals surface area contributed by atoms with Crippen LogP contribution in [0.25, 0.3) is 28.5 Å². The molecule has 0 aliphatic carbocycles. The lowest BCUT2D eigenvalue weighted by atomic mass is 10.1. The van der Waals surface area contributed by atoms with E-state index in [2.05, 4.69) is 20.3 Å². The van der Waals surface area contributed by atoms with Gasteiger partial charge in [0, 0.05) is 24.5 Å². The van der Waals surface area contributed by atoms with E-state index in [1.807, 2.05) is 6.92 Å². The van der Waals surface area contributed by atoms with Crippen molar-refractivity contribution >= 4 is 11.8 Å². The number of nitrogens with one attached hydrogen (secondary N) is 1. The average molecular weight is 367 g/mol. The van der Waals surface area contributed by atoms with Gasteiger partial charge in [-0.25, -0.2) is 14.4 Å². The number of hydrogen-bond donors (Lipinski definition) is 2. The van der Waals surface area contributed by atoms with Gasteiger partial charge in [0.2, 0.25) is 5.95 Å². The van der Waals surface area contributed by atoms with Crippen LogP contribution in [0.4, 0.5) is 10.3 Å². The number of hydrogen-bond acceptors (Lipinski definition) is 6. The molecular formula is C19H18FN5O2. The van der Waals surface area contributed by atoms with Gasteiger partial charge in [-0.3, -0.25) is 4.40 Å². The van der Waals surface area contributed by atoms with E-state index in [0.717, 1.165) is 5.56 Å². The molecule has 3 aromatic heterocycles. The standard InChI is InChI=1S/C19H18FN5O2/c1-2-14(26)11-22-18-21-8-7-15(23-18)17-16(12-3-5-13(20)6-4-12)24-19-25(17)9-10-27-19/h3-10,14,26H,2,11H2,1H3,(H,21,22,23). The number of rotatable bonds is 6. The van der Waals surface area contributed by atoms with Gasteiger partial charge in [0.1, 0.15) is 23.5 Å². The van der Waals surface area contributed by atoms with Crippen molar-refractivity contribution in [3.8, 4) is 22.6 Å². The zero-order valence-electron chi connectivity index (χ0n) is 14.6. The van der Waals surface area contributed by atoms with Gasteiger partial charge in [-0.1, -0.05) is 6.92 Å². The fourth-order valence-electron chi connectivity index (χ4n) is 2.77. The van der Waals surface area contributed by atoms with Gasteiger partial charge in [-0.05, 0) is 36.8 Å². The number of anilines is 1. The number of benzene rings is 1. The Morgan fingerprint density at radius 1 is 1.22 bits per heavy atom. The van der Waals surface area contributed by atoms with E-state index in [1.54, 1.807) is 35.0 Å². The van der Waals surface area contributed by atoms with Gasteiger partial charge in [-0.15, -0.1) is 0 Å². The first-order valence-corrected chi connectivity index (χ1v) is 8.62. The molecule has 0 radical (unpaired) electrons. The van der Waals surface area contributed by atoms with Crippen LogP contribution in [-0.2, 0) is 0 Å². The summed E-state index contributed by atoms with van der Waals surface area (Å²) in [4.78, 5) is 13.3. The molecule has 4 aromatic rings. The Balaban J connectivity index is 1.78. The summed E-state index contributed by atoms with van der Waals surface area (Å²) in [6.45, 7) is 2.26. The van der Waals surface area contributed by atoms with E-state index >= 15 is 0 Å². The third-order valence-corrected chi connectivity index (χ3v) is 4.25. The second kappa shape index (κ2) is 7.16. The van der Waals surface area contributed by atoms with Crippen LogP contribution in [0.3, 0.4) is 0 Å². The molecule has 2 N–H and O–H groups in total. The molecule has 8 heteroatoms. The molecule has 27 heavy (non-hydrogen) atoms. The van der Waals surface area contributed by atoms with Gasteiger partial charge < -0.3 is 14.8 Å². The number of aliphatic hydroxyl groups excluding tert-OH is 1. The molecule has 0 saturated carbocycles. The minimum absolute atomic E-state index is 0.314. The van der Waals surface area contributed by atoms with E-state index < -0.39 is 6.10 Å². The summed E-state index contributed by atoms with van der Waals surface area (Å²) in [5.41, 5.74) is 2.73. The molecule has 0 spiro atoms. The van der Waals surface area contributed by atoms with Crippen LogP contribution in [-0.4, -0.2) is 37.1 Å². The first-order chi connectivity index (χ1) is 13.2. The van der Waals surface area contributed by atoms with Crippen LogP contribution in [0.1, 0.15) is 13.3 Å². The van der Waals surface area contributed by atoms with Crippen molar-refractivity contribution in [3.05, 3.63) is 54.8 Å². The first kappa shape index (κ1) is 17.2. The number of aromatic nitrogens is 4. The molecule has 0 bridgehead atoms. The molecule has 1 atom stereocenters. The molecule has 1 unspecified atom stereocenters. The SMILES string of the molecule is CCC(O)CNc1nccc(-c2c(-c3ccc(F)cc3)nc3occn23)n1. The highest BCUT2D eigenvalue weighted by Gasteiger charge is 2.19. The normalized spacial score (nSPS) is 12.4. The summed E-state index contributed by atoms with van der Waals surface area (Å²) in [5, 5.41) is 12.8. The largest absolute Gasteiger partial charge is 0.432 e. The highest BCUT2D eigenvalue weighted by Crippen LogP contribution is 2.32. The molecule has 138 valence electrons. The van der Waals surface area contributed by atoms with Gasteiger partial charge in [0.05, 0.1) is 11.8 Å². The minimum atomic E-state index is -0.470. The van der Waals surface area contributed by atoms with Crippen molar-refractivity contribution in [1.82, 2.24) is 19.4 Å². The summed E-state index contributed by atoms with van der Waals surface area (Å²) >= 11 is 0. The lowest BCUT2D eigenvalue weighted by molar-refractivity contribution is 0.183. The molecule has 0 aliphatic heterocycles. The maximum Gasteiger partial charge on any atom is 0.306 e. The highest BCUT2D eigenvalue weighted by atomic mass is 19.1. The monoisotopic (exact) mass is 367 g/mol. The number of nitrogens with zero attached hydrogens (tertiary/aromatic N) is 4. The Kier molecular flexibility index (Phi) is 4.55. The second-order valence-electron chi connectivity index (χ2n) is 6.08. The predicted molar refractivity (Wildman–Crippen MR) is 98.7 cm³/mol. The Hall–Kier alpha value is -3.26. The zero-order valence-corrected chi connectivity index (χ0v) is 14.6. The smallest absolute Gasteiger partial charge is 0.306 e. The predicted octanol–water partition coefficient (Wildman–Crippen LogP) is 3.37. The van der Waals surface area contributed by atoms with Gasteiger partial charge in [0.25, 0.3) is 0 Å². The number of imidazole rings is 1. The van der Waals surface area contributed by atoms with Crippen LogP contribution in [0.15, 0.2) is 53.4 Å². The summed E-state index contributed by atoms with van der Waals surface area (Å²) in [7, 11) is 0. The molecule has 4 rings (SSSR count). The second-order valence-corrected chi connectivity index (χ2v) is 6.08. The highest BCUT2D eigenvalue weighted by molar-refractivity contribution is 5.79. The summed E-state index contributed by atoms with van der Waals surface area (Å²) < 4.78 is 20.5. The Morgan fingerprint density at radius 2 is 2.04 bits per heavy atom. The molecular weight excluding hydrogens is 349 g/mol. The molecule has 0 aliphatic rings. The number of fused-ring (bicyclic) bond motifs is 1. The molecule has 3 heterocycles. The van der Waals surface area contributed by atoms with E-state index in [9.17, 15) is 9.50 Å². The van der Waals surface area contributed by atoms with Crippen molar-refractivity contribution in [1.29, 1.82) is 0 Å². The lowest BCUT2D eigenvalue weighted by Crippen LogP contribution is -2.19. The minimum Gasteiger partial charge on any atom is -0.432 e. The van der Waals surface area contributed by atoms with E-state index in [1.165, 1.54) is 18.4 Å². The molecule has 7 nitrogen and oxygen atoms in total. The lowest BCUT2D eigenvalue weighted by Gasteiger charge is -2.10. The van der Waals surface area contributed by atoms with Crippen molar-refractivity contribution in [2.45, 2.75) is 19.4 Å². The average Bonchev–Trinajstić information content (AvgIpc) is 3.28. The molecule has 1 aromatic carbocycles. The van der Waals surface area contributed by atoms with E-state index in [-0.39, 0.29) is 5.82 Å². The van der Waals surface area contributed by atoms with Crippen molar-refractivity contribution < 1.29 is 13.9 Å². The van der Waals surface area contributed by atoms with Crippen LogP contribution >= 0.6 is 0 Å². The Bertz CT molecular complexity index is 1060. The number of aliphatic hydroxyl groups is 1. The summed E-state index contributed by atoms with van der Waals surface area (Å²) in [5.74, 6) is 0.508. The number of oxazole rings is 1. The molecule has 0 saturated heterocycles. The third kappa shape index (κ3) is 3.39. The molecule has 0 amide bonds. The summed E-state index contributed by atoms with van der Waals surface area (Å²) in [6, 6.07) is 7.88. The first-order valence-electron chi connectivity index (χ1n) is 8.62. The maximum absolute atomic E-state index is 13.3. The fourth-order valence-corrected chi connectivity index (χ4v) is 2.77. The van der Waals surface area contributed by atoms with Gasteiger partial charge in [-0.2, -0.15) is 4.98 Å². The topological polar surface area (TPSA) is 88.5 Å². The number of halogens is 1. The van der Waals surface area contributed by atoms with Crippen LogP contribution in [0.5, 0.6) is 0 Å². The third-order valence-electron chi connectivity index (χ3n) is 4.25. The zero-order chi connectivity index (χ0) is 18.8. The Labute approximate surface area is 154 Å². The quantitative estimate of drug-likeness (QED) is 0.543. The van der Waals surface area contributed by atoms with E-state index in [4.69, 9.17) is 4.42 Å². The maximum atomic E-state index is 13.3. The Morgan fingerprint density at radius 3 is 2.81 bits per heavy atom. The van der Waals surface area contributed by atoms with Crippen LogP contribution in [0.2, 0.25) is 0 Å². The van der Waals surface area contributed by atoms with Crippen LogP contribution in [0, 0.1) is 5.82 Å². The van der Waals surface area contributed by atoms with Crippen molar-refractivity contribution in [2.24, 2.45) is 0 Å². The van der Waals surface area contributed by atoms with Crippen molar-refractivity contribution in [2.75, 3.05) is 11.9 Å². The molecule has 0 fully saturated rings. The van der Waals surface area contributed by atoms with Gasteiger partial charge in [0.15, 0.2) is 0 Å². The van der Waals surface area contributed by atoms with Crippen molar-refractivity contribution in [3.63, 3.8) is 0 Å². The summed E-state index contributed by atoms with van der Waals surface area (Å²) in [6.07, 6.45) is 5.10.